The third-order valence-corrected chi connectivity index (χ3v) is 2.74. The van der Waals surface area contributed by atoms with Crippen molar-refractivity contribution in [2.75, 3.05) is 13.7 Å². The molecule has 0 amide bonds. The number of halogens is 1. The fraction of sp³-hybridized carbons (Fsp3) is 0.231. The van der Waals surface area contributed by atoms with Gasteiger partial charge in [0.15, 0.2) is 0 Å². The van der Waals surface area contributed by atoms with Crippen LogP contribution in [0.2, 0.25) is 0 Å². The minimum absolute atomic E-state index is 0.0618. The molecule has 0 heterocycles. The number of nitriles is 1. The van der Waals surface area contributed by atoms with E-state index < -0.39 is 5.97 Å². The molecule has 18 heavy (non-hydrogen) atoms. The topological polar surface area (TPSA) is 59.3 Å². The van der Waals surface area contributed by atoms with Crippen molar-refractivity contribution < 1.29 is 14.3 Å². The number of hydrogen-bond donors (Lipinski definition) is 0. The van der Waals surface area contributed by atoms with E-state index in [9.17, 15) is 4.79 Å². The lowest BCUT2D eigenvalue weighted by Gasteiger charge is -2.07. The van der Waals surface area contributed by atoms with Crippen LogP contribution in [-0.4, -0.2) is 19.7 Å². The van der Waals surface area contributed by atoms with E-state index in [4.69, 9.17) is 14.7 Å². The molecule has 0 aliphatic rings. The van der Waals surface area contributed by atoms with Gasteiger partial charge in [-0.2, -0.15) is 5.26 Å². The van der Waals surface area contributed by atoms with Crippen molar-refractivity contribution in [1.29, 1.82) is 5.26 Å². The molecule has 1 aromatic carbocycles. The van der Waals surface area contributed by atoms with Gasteiger partial charge in [0.2, 0.25) is 0 Å². The largest absolute Gasteiger partial charge is 0.495 e. The van der Waals surface area contributed by atoms with Crippen LogP contribution in [0.4, 0.5) is 0 Å². The number of rotatable bonds is 4. The highest BCUT2D eigenvalue weighted by Gasteiger charge is 2.12. The normalized spacial score (nSPS) is 10.7. The molecule has 0 radical (unpaired) electrons. The summed E-state index contributed by atoms with van der Waals surface area (Å²) in [5, 5.41) is 8.95. The van der Waals surface area contributed by atoms with Gasteiger partial charge in [-0.05, 0) is 35.0 Å². The van der Waals surface area contributed by atoms with Crippen molar-refractivity contribution in [3.05, 3.63) is 33.8 Å². The molecule has 94 valence electrons. The van der Waals surface area contributed by atoms with Crippen LogP contribution in [0.15, 0.2) is 28.2 Å². The van der Waals surface area contributed by atoms with Crippen LogP contribution < -0.4 is 4.74 Å². The monoisotopic (exact) mass is 309 g/mol. The lowest BCUT2D eigenvalue weighted by Crippen LogP contribution is -2.06. The Morgan fingerprint density at radius 2 is 2.28 bits per heavy atom. The van der Waals surface area contributed by atoms with Gasteiger partial charge in [0.25, 0.3) is 0 Å². The molecule has 0 saturated heterocycles. The van der Waals surface area contributed by atoms with E-state index in [1.807, 2.05) is 12.1 Å². The van der Waals surface area contributed by atoms with Crippen molar-refractivity contribution in [3.8, 4) is 11.8 Å². The fourth-order valence-electron chi connectivity index (χ4n) is 1.36. The third kappa shape index (κ3) is 3.34. The molecule has 1 aromatic rings. The minimum atomic E-state index is -0.637. The Kier molecular flexibility index (Phi) is 5.40. The predicted octanol–water partition coefficient (Wildman–Crippen LogP) is 2.93. The summed E-state index contributed by atoms with van der Waals surface area (Å²) in [6, 6.07) is 7.17. The Labute approximate surface area is 114 Å². The maximum Gasteiger partial charge on any atom is 0.348 e. The predicted molar refractivity (Wildman–Crippen MR) is 70.9 cm³/mol. The van der Waals surface area contributed by atoms with Gasteiger partial charge >= 0.3 is 5.97 Å². The lowest BCUT2D eigenvalue weighted by molar-refractivity contribution is -0.137. The fourth-order valence-corrected chi connectivity index (χ4v) is 1.90. The maximum atomic E-state index is 11.5. The highest BCUT2D eigenvalue weighted by Crippen LogP contribution is 2.30. The first-order chi connectivity index (χ1) is 8.63. The standard InChI is InChI=1S/C13H12BrNO3/c1-3-18-13(16)10(8-15)7-9-5-4-6-11(14)12(9)17-2/h4-7H,3H2,1-2H3/b10-7-. The first-order valence-corrected chi connectivity index (χ1v) is 6.04. The second-order valence-corrected chi connectivity index (χ2v) is 4.11. The molecule has 0 atom stereocenters. The van der Waals surface area contributed by atoms with Gasteiger partial charge in [-0.1, -0.05) is 12.1 Å². The molecule has 0 fully saturated rings. The minimum Gasteiger partial charge on any atom is -0.495 e. The molecule has 0 unspecified atom stereocenters. The molecule has 0 spiro atoms. The Morgan fingerprint density at radius 1 is 1.56 bits per heavy atom. The molecule has 4 nitrogen and oxygen atoms in total. The average molecular weight is 310 g/mol. The number of benzene rings is 1. The number of carbonyl (C=O) groups excluding carboxylic acids is 1. The Hall–Kier alpha value is -1.80. The highest BCUT2D eigenvalue weighted by atomic mass is 79.9. The number of esters is 1. The summed E-state index contributed by atoms with van der Waals surface area (Å²) in [4.78, 5) is 11.5. The van der Waals surface area contributed by atoms with E-state index in [0.717, 1.165) is 4.47 Å². The van der Waals surface area contributed by atoms with Crippen molar-refractivity contribution >= 4 is 28.0 Å². The van der Waals surface area contributed by atoms with Gasteiger partial charge in [-0.3, -0.25) is 0 Å². The quantitative estimate of drug-likeness (QED) is 0.487. The summed E-state index contributed by atoms with van der Waals surface area (Å²) in [5.41, 5.74) is 0.574. The molecule has 0 N–H and O–H groups in total. The molecular formula is C13H12BrNO3. The van der Waals surface area contributed by atoms with Crippen LogP contribution in [0.25, 0.3) is 6.08 Å². The van der Waals surface area contributed by atoms with Crippen molar-refractivity contribution in [2.24, 2.45) is 0 Å². The van der Waals surface area contributed by atoms with E-state index in [2.05, 4.69) is 15.9 Å². The van der Waals surface area contributed by atoms with E-state index in [1.54, 1.807) is 19.1 Å². The summed E-state index contributed by atoms with van der Waals surface area (Å²) in [5.74, 6) is -0.0726. The Morgan fingerprint density at radius 3 is 2.83 bits per heavy atom. The first-order valence-electron chi connectivity index (χ1n) is 5.25. The van der Waals surface area contributed by atoms with Crippen LogP contribution in [0, 0.1) is 11.3 Å². The number of methoxy groups -OCH3 is 1. The van der Waals surface area contributed by atoms with Gasteiger partial charge in [0, 0.05) is 5.56 Å². The summed E-state index contributed by atoms with van der Waals surface area (Å²) in [7, 11) is 1.52. The number of nitrogens with zero attached hydrogens (tertiary/aromatic N) is 1. The molecule has 0 aromatic heterocycles. The zero-order valence-electron chi connectivity index (χ0n) is 10.1. The maximum absolute atomic E-state index is 11.5. The van der Waals surface area contributed by atoms with E-state index in [-0.39, 0.29) is 12.2 Å². The molecule has 0 saturated carbocycles. The first kappa shape index (κ1) is 14.3. The van der Waals surface area contributed by atoms with E-state index in [1.165, 1.54) is 13.2 Å². The Balaban J connectivity index is 3.18. The molecule has 5 heteroatoms. The van der Waals surface area contributed by atoms with Crippen LogP contribution in [0.5, 0.6) is 5.75 Å². The van der Waals surface area contributed by atoms with Crippen LogP contribution in [0.3, 0.4) is 0 Å². The number of hydrogen-bond acceptors (Lipinski definition) is 4. The summed E-state index contributed by atoms with van der Waals surface area (Å²) >= 11 is 3.33. The third-order valence-electron chi connectivity index (χ3n) is 2.12. The van der Waals surface area contributed by atoms with Crippen molar-refractivity contribution in [3.63, 3.8) is 0 Å². The molecule has 1 rings (SSSR count). The number of carbonyl (C=O) groups is 1. The van der Waals surface area contributed by atoms with Gasteiger partial charge in [-0.25, -0.2) is 4.79 Å². The highest BCUT2D eigenvalue weighted by molar-refractivity contribution is 9.10. The van der Waals surface area contributed by atoms with Crippen molar-refractivity contribution in [1.82, 2.24) is 0 Å². The van der Waals surface area contributed by atoms with Gasteiger partial charge in [-0.15, -0.1) is 0 Å². The number of ether oxygens (including phenoxy) is 2. The van der Waals surface area contributed by atoms with Crippen LogP contribution in [-0.2, 0) is 9.53 Å². The molecule has 0 aliphatic heterocycles. The van der Waals surface area contributed by atoms with E-state index in [0.29, 0.717) is 11.3 Å². The number of para-hydroxylation sites is 1. The SMILES string of the molecule is CCOC(=O)/C(C#N)=C\c1cccc(Br)c1OC. The van der Waals surface area contributed by atoms with Gasteiger partial charge < -0.3 is 9.47 Å². The Bertz CT molecular complexity index is 517. The van der Waals surface area contributed by atoms with E-state index >= 15 is 0 Å². The zero-order valence-corrected chi connectivity index (χ0v) is 11.7. The molecular weight excluding hydrogens is 298 g/mol. The lowest BCUT2D eigenvalue weighted by atomic mass is 10.1. The second-order valence-electron chi connectivity index (χ2n) is 3.25. The average Bonchev–Trinajstić information content (AvgIpc) is 2.36. The van der Waals surface area contributed by atoms with Gasteiger partial charge in [0.1, 0.15) is 17.4 Å². The van der Waals surface area contributed by atoms with Crippen LogP contribution >= 0.6 is 15.9 Å². The van der Waals surface area contributed by atoms with Gasteiger partial charge in [0.05, 0.1) is 18.2 Å². The summed E-state index contributed by atoms with van der Waals surface area (Å²) in [6.07, 6.45) is 1.45. The zero-order chi connectivity index (χ0) is 13.5. The summed E-state index contributed by atoms with van der Waals surface area (Å²) in [6.45, 7) is 1.92. The molecule has 0 aliphatic carbocycles. The second kappa shape index (κ2) is 6.82. The van der Waals surface area contributed by atoms with Crippen LogP contribution in [0.1, 0.15) is 12.5 Å². The summed E-state index contributed by atoms with van der Waals surface area (Å²) < 4.78 is 10.7. The van der Waals surface area contributed by atoms with Crippen molar-refractivity contribution in [2.45, 2.75) is 6.92 Å². The molecule has 0 bridgehead atoms. The smallest absolute Gasteiger partial charge is 0.348 e.